The number of carboxylic acids is 1. The summed E-state index contributed by atoms with van der Waals surface area (Å²) in [6.45, 7) is 4.56. The molecule has 0 fully saturated rings. The van der Waals surface area contributed by atoms with Crippen molar-refractivity contribution in [3.05, 3.63) is 45.9 Å². The van der Waals surface area contributed by atoms with Gasteiger partial charge in [-0.15, -0.1) is 11.3 Å². The molecule has 1 heterocycles. The Morgan fingerprint density at radius 3 is 2.58 bits per heavy atom. The van der Waals surface area contributed by atoms with Gasteiger partial charge in [0.1, 0.15) is 12.4 Å². The number of hydrogen-bond acceptors (Lipinski definition) is 4. The van der Waals surface area contributed by atoms with Crippen molar-refractivity contribution in [2.75, 3.05) is 0 Å². The highest BCUT2D eigenvalue weighted by Gasteiger charge is 2.09. The van der Waals surface area contributed by atoms with Gasteiger partial charge in [-0.25, -0.2) is 9.78 Å². The molecule has 0 amide bonds. The molecule has 0 saturated heterocycles. The first kappa shape index (κ1) is 13.5. The Balaban J connectivity index is 1.96. The number of aromatic nitrogens is 1. The fourth-order valence-corrected chi connectivity index (χ4v) is 2.22. The molecule has 0 aliphatic rings. The fourth-order valence-electron chi connectivity index (χ4n) is 1.58. The van der Waals surface area contributed by atoms with Crippen LogP contribution in [0.3, 0.4) is 0 Å². The molecule has 0 radical (unpaired) electrons. The maximum absolute atomic E-state index is 10.7. The Bertz CT molecular complexity index is 560. The highest BCUT2D eigenvalue weighted by Crippen LogP contribution is 2.19. The van der Waals surface area contributed by atoms with Gasteiger partial charge in [-0.2, -0.15) is 0 Å². The highest BCUT2D eigenvalue weighted by molar-refractivity contribution is 7.11. The lowest BCUT2D eigenvalue weighted by Gasteiger charge is -2.07. The molecular weight excluding hydrogens is 262 g/mol. The summed E-state index contributed by atoms with van der Waals surface area (Å²) in [4.78, 5) is 14.7. The van der Waals surface area contributed by atoms with Gasteiger partial charge in [0.2, 0.25) is 5.01 Å². The molecule has 0 unspecified atom stereocenters. The number of thiazole rings is 1. The molecule has 0 aliphatic carbocycles. The third-order valence-corrected chi connectivity index (χ3v) is 3.55. The van der Waals surface area contributed by atoms with E-state index in [1.54, 1.807) is 5.38 Å². The number of carboxylic acid groups (broad SMARTS) is 1. The van der Waals surface area contributed by atoms with E-state index in [1.807, 2.05) is 24.3 Å². The molecule has 0 bridgehead atoms. The first-order valence-electron chi connectivity index (χ1n) is 5.96. The maximum Gasteiger partial charge on any atom is 0.365 e. The minimum atomic E-state index is -1.00. The third-order valence-electron chi connectivity index (χ3n) is 2.67. The van der Waals surface area contributed by atoms with Crippen molar-refractivity contribution in [1.82, 2.24) is 4.98 Å². The van der Waals surface area contributed by atoms with Crippen LogP contribution in [0.5, 0.6) is 5.75 Å². The van der Waals surface area contributed by atoms with E-state index in [-0.39, 0.29) is 11.6 Å². The van der Waals surface area contributed by atoms with E-state index in [0.29, 0.717) is 11.6 Å². The number of rotatable bonds is 5. The highest BCUT2D eigenvalue weighted by atomic mass is 32.1. The second kappa shape index (κ2) is 5.84. The summed E-state index contributed by atoms with van der Waals surface area (Å²) in [6, 6.07) is 7.90. The molecule has 1 aromatic heterocycles. The number of nitrogens with zero attached hydrogens (tertiary/aromatic N) is 1. The predicted molar refractivity (Wildman–Crippen MR) is 73.9 cm³/mol. The second-order valence-electron chi connectivity index (χ2n) is 4.46. The first-order chi connectivity index (χ1) is 9.06. The van der Waals surface area contributed by atoms with Crippen LogP contribution in [0.4, 0.5) is 0 Å². The smallest absolute Gasteiger partial charge is 0.365 e. The van der Waals surface area contributed by atoms with E-state index < -0.39 is 5.97 Å². The summed E-state index contributed by atoms with van der Waals surface area (Å²) in [5.74, 6) is 0.248. The minimum absolute atomic E-state index is 0.0914. The average molecular weight is 277 g/mol. The summed E-state index contributed by atoms with van der Waals surface area (Å²) >= 11 is 1.11. The lowest BCUT2D eigenvalue weighted by Crippen LogP contribution is -1.99. The number of hydrogen-bond donors (Lipinski definition) is 1. The van der Waals surface area contributed by atoms with Crippen LogP contribution in [0.25, 0.3) is 0 Å². The number of carbonyl (C=O) groups is 1. The van der Waals surface area contributed by atoms with Gasteiger partial charge in [0.25, 0.3) is 0 Å². The summed E-state index contributed by atoms with van der Waals surface area (Å²) in [5, 5.41) is 10.6. The van der Waals surface area contributed by atoms with E-state index in [4.69, 9.17) is 9.84 Å². The van der Waals surface area contributed by atoms with Gasteiger partial charge < -0.3 is 9.84 Å². The van der Waals surface area contributed by atoms with Gasteiger partial charge in [-0.3, -0.25) is 0 Å². The Hall–Kier alpha value is -1.88. The summed E-state index contributed by atoms with van der Waals surface area (Å²) < 4.78 is 5.57. The standard InChI is InChI=1S/C14H15NO3S/c1-9(2)10-3-5-12(6-4-10)18-7-11-8-19-13(15-11)14(16)17/h3-6,8-9H,7H2,1-2H3,(H,16,17). The van der Waals surface area contributed by atoms with E-state index in [0.717, 1.165) is 17.1 Å². The lowest BCUT2D eigenvalue weighted by molar-refractivity contribution is 0.0696. The molecule has 2 rings (SSSR count). The largest absolute Gasteiger partial charge is 0.487 e. The van der Waals surface area contributed by atoms with E-state index in [1.165, 1.54) is 5.56 Å². The van der Waals surface area contributed by atoms with Crippen LogP contribution in [0.15, 0.2) is 29.6 Å². The summed E-state index contributed by atoms with van der Waals surface area (Å²) in [6.07, 6.45) is 0. The molecule has 2 aromatic rings. The van der Waals surface area contributed by atoms with Gasteiger partial charge in [0.15, 0.2) is 0 Å². The molecule has 0 aliphatic heterocycles. The van der Waals surface area contributed by atoms with Crippen molar-refractivity contribution in [2.45, 2.75) is 26.4 Å². The monoisotopic (exact) mass is 277 g/mol. The van der Waals surface area contributed by atoms with Crippen LogP contribution in [-0.4, -0.2) is 16.1 Å². The topological polar surface area (TPSA) is 59.4 Å². The molecule has 0 spiro atoms. The predicted octanol–water partition coefficient (Wildman–Crippen LogP) is 3.54. The molecule has 5 heteroatoms. The SMILES string of the molecule is CC(C)c1ccc(OCc2csc(C(=O)O)n2)cc1. The first-order valence-corrected chi connectivity index (χ1v) is 6.84. The molecule has 0 atom stereocenters. The van der Waals surface area contributed by atoms with Crippen molar-refractivity contribution in [3.63, 3.8) is 0 Å². The van der Waals surface area contributed by atoms with E-state index >= 15 is 0 Å². The van der Waals surface area contributed by atoms with Crippen LogP contribution in [0.2, 0.25) is 0 Å². The third kappa shape index (κ3) is 3.54. The summed E-state index contributed by atoms with van der Waals surface area (Å²) in [5.41, 5.74) is 1.89. The zero-order chi connectivity index (χ0) is 13.8. The molecule has 1 N–H and O–H groups in total. The number of benzene rings is 1. The lowest BCUT2D eigenvalue weighted by atomic mass is 10.0. The van der Waals surface area contributed by atoms with E-state index in [9.17, 15) is 4.79 Å². The number of ether oxygens (including phenoxy) is 1. The van der Waals surface area contributed by atoms with Crippen LogP contribution >= 0.6 is 11.3 Å². The van der Waals surface area contributed by atoms with Crippen LogP contribution < -0.4 is 4.74 Å². The molecule has 4 nitrogen and oxygen atoms in total. The van der Waals surface area contributed by atoms with Crippen molar-refractivity contribution in [1.29, 1.82) is 0 Å². The van der Waals surface area contributed by atoms with Crippen LogP contribution in [0.1, 0.15) is 40.8 Å². The zero-order valence-electron chi connectivity index (χ0n) is 10.8. The molecule has 19 heavy (non-hydrogen) atoms. The van der Waals surface area contributed by atoms with Crippen LogP contribution in [-0.2, 0) is 6.61 Å². The number of aromatic carboxylic acids is 1. The van der Waals surface area contributed by atoms with Gasteiger partial charge in [-0.05, 0) is 23.6 Å². The maximum atomic E-state index is 10.7. The zero-order valence-corrected chi connectivity index (χ0v) is 11.6. The van der Waals surface area contributed by atoms with Gasteiger partial charge in [0, 0.05) is 5.38 Å². The van der Waals surface area contributed by atoms with Crippen molar-refractivity contribution in [2.24, 2.45) is 0 Å². The Morgan fingerprint density at radius 2 is 2.05 bits per heavy atom. The Labute approximate surface area is 115 Å². The molecule has 0 saturated carbocycles. The van der Waals surface area contributed by atoms with Gasteiger partial charge >= 0.3 is 5.97 Å². The quantitative estimate of drug-likeness (QED) is 0.908. The van der Waals surface area contributed by atoms with Gasteiger partial charge in [-0.1, -0.05) is 26.0 Å². The molecule has 1 aromatic carbocycles. The second-order valence-corrected chi connectivity index (χ2v) is 5.32. The molecular formula is C14H15NO3S. The fraction of sp³-hybridized carbons (Fsp3) is 0.286. The van der Waals surface area contributed by atoms with Crippen molar-refractivity contribution < 1.29 is 14.6 Å². The minimum Gasteiger partial charge on any atom is -0.487 e. The van der Waals surface area contributed by atoms with Crippen LogP contribution in [0, 0.1) is 0 Å². The summed E-state index contributed by atoms with van der Waals surface area (Å²) in [7, 11) is 0. The normalized spacial score (nSPS) is 10.7. The Kier molecular flexibility index (Phi) is 4.16. The molecule has 100 valence electrons. The van der Waals surface area contributed by atoms with Gasteiger partial charge in [0.05, 0.1) is 5.69 Å². The average Bonchev–Trinajstić information content (AvgIpc) is 2.86. The van der Waals surface area contributed by atoms with Crippen molar-refractivity contribution in [3.8, 4) is 5.75 Å². The van der Waals surface area contributed by atoms with Crippen molar-refractivity contribution >= 4 is 17.3 Å². The van der Waals surface area contributed by atoms with E-state index in [2.05, 4.69) is 18.8 Å². The Morgan fingerprint density at radius 1 is 1.37 bits per heavy atom.